The third-order valence-corrected chi connectivity index (χ3v) is 8.20. The fourth-order valence-electron chi connectivity index (χ4n) is 4.42. The molecule has 1 amide bonds. The number of hydrogen-bond acceptors (Lipinski definition) is 9. The van der Waals surface area contributed by atoms with E-state index in [0.717, 1.165) is 67.2 Å². The average Bonchev–Trinajstić information content (AvgIpc) is 3.53. The zero-order valence-corrected chi connectivity index (χ0v) is 18.2. The number of carbonyl (C=O) groups excluding carboxylic acids is 1. The number of thiazole rings is 1. The maximum Gasteiger partial charge on any atom is 0.271 e. The van der Waals surface area contributed by atoms with Crippen molar-refractivity contribution in [3.05, 3.63) is 28.3 Å². The van der Waals surface area contributed by atoms with Crippen LogP contribution in [0.15, 0.2) is 18.2 Å². The standard InChI is InChI=1S/C19H24N6O3S2/c26-18(24-7-8-29-12-24)16-10-14(11-20-16)22-3-5-23(6-4-22)19-21-15-9-13(25(27)28)1-2-17(15)30-19/h1-2,9,14,16,20H,3-8,10-12H2/t14-,16-/m0/s1. The maximum absolute atomic E-state index is 12.6. The van der Waals surface area contributed by atoms with Crippen LogP contribution in [0.1, 0.15) is 6.42 Å². The second kappa shape index (κ2) is 8.29. The van der Waals surface area contributed by atoms with Gasteiger partial charge in [-0.1, -0.05) is 11.3 Å². The molecule has 3 fully saturated rings. The number of anilines is 1. The van der Waals surface area contributed by atoms with Crippen LogP contribution in [0, 0.1) is 10.1 Å². The molecule has 3 aliphatic rings. The second-order valence-corrected chi connectivity index (χ2v) is 10.0. The van der Waals surface area contributed by atoms with E-state index in [4.69, 9.17) is 0 Å². The molecule has 160 valence electrons. The van der Waals surface area contributed by atoms with E-state index in [2.05, 4.69) is 20.1 Å². The summed E-state index contributed by atoms with van der Waals surface area (Å²) in [5, 5.41) is 15.4. The van der Waals surface area contributed by atoms with E-state index in [0.29, 0.717) is 11.6 Å². The Morgan fingerprint density at radius 1 is 1.23 bits per heavy atom. The molecule has 4 heterocycles. The number of amides is 1. The molecule has 0 saturated carbocycles. The molecule has 3 saturated heterocycles. The van der Waals surface area contributed by atoms with Gasteiger partial charge in [0.1, 0.15) is 0 Å². The molecule has 11 heteroatoms. The van der Waals surface area contributed by atoms with Gasteiger partial charge in [0.25, 0.3) is 5.69 Å². The lowest BCUT2D eigenvalue weighted by molar-refractivity contribution is -0.384. The van der Waals surface area contributed by atoms with E-state index in [-0.39, 0.29) is 22.6 Å². The molecule has 0 bridgehead atoms. The topological polar surface area (TPSA) is 94.8 Å². The molecular formula is C19H24N6O3S2. The van der Waals surface area contributed by atoms with Crippen molar-refractivity contribution >= 4 is 50.0 Å². The number of nitro groups is 1. The average molecular weight is 449 g/mol. The third kappa shape index (κ3) is 3.86. The van der Waals surface area contributed by atoms with Crippen molar-refractivity contribution in [1.82, 2.24) is 20.1 Å². The molecule has 0 aliphatic carbocycles. The van der Waals surface area contributed by atoms with Gasteiger partial charge in [-0.15, -0.1) is 11.8 Å². The monoisotopic (exact) mass is 448 g/mol. The lowest BCUT2D eigenvalue weighted by Gasteiger charge is -2.37. The van der Waals surface area contributed by atoms with Crippen molar-refractivity contribution < 1.29 is 9.72 Å². The molecule has 1 aromatic carbocycles. The molecule has 9 nitrogen and oxygen atoms in total. The van der Waals surface area contributed by atoms with E-state index in [1.165, 1.54) is 6.07 Å². The summed E-state index contributed by atoms with van der Waals surface area (Å²) in [4.78, 5) is 34.6. The van der Waals surface area contributed by atoms with Gasteiger partial charge in [0.05, 0.1) is 27.1 Å². The van der Waals surface area contributed by atoms with Crippen LogP contribution in [-0.2, 0) is 4.79 Å². The molecular weight excluding hydrogens is 424 g/mol. The molecule has 30 heavy (non-hydrogen) atoms. The molecule has 2 atom stereocenters. The van der Waals surface area contributed by atoms with Gasteiger partial charge < -0.3 is 15.1 Å². The molecule has 0 unspecified atom stereocenters. The van der Waals surface area contributed by atoms with Crippen molar-refractivity contribution in [1.29, 1.82) is 0 Å². The van der Waals surface area contributed by atoms with Crippen LogP contribution in [0.4, 0.5) is 10.8 Å². The second-order valence-electron chi connectivity index (χ2n) is 7.92. The van der Waals surface area contributed by atoms with E-state index in [1.807, 2.05) is 16.7 Å². The highest BCUT2D eigenvalue weighted by Gasteiger charge is 2.36. The molecule has 5 rings (SSSR count). The number of carbonyl (C=O) groups is 1. The van der Waals surface area contributed by atoms with Crippen LogP contribution in [0.25, 0.3) is 10.2 Å². The lowest BCUT2D eigenvalue weighted by atomic mass is 10.1. The number of fused-ring (bicyclic) bond motifs is 1. The van der Waals surface area contributed by atoms with Crippen LogP contribution in [0.5, 0.6) is 0 Å². The van der Waals surface area contributed by atoms with Crippen LogP contribution in [-0.4, -0.2) is 88.6 Å². The summed E-state index contributed by atoms with van der Waals surface area (Å²) in [6, 6.07) is 5.21. The number of thioether (sulfide) groups is 1. The first-order valence-corrected chi connectivity index (χ1v) is 12.2. The fourth-order valence-corrected chi connectivity index (χ4v) is 6.38. The van der Waals surface area contributed by atoms with Crippen LogP contribution >= 0.6 is 23.1 Å². The SMILES string of the molecule is O=C([C@@H]1C[C@H](N2CCN(c3nc4cc([N+](=O)[O-])ccc4s3)CC2)CN1)N1CCSC1. The van der Waals surface area contributed by atoms with Gasteiger partial charge in [0.2, 0.25) is 5.91 Å². The van der Waals surface area contributed by atoms with Gasteiger partial charge in [-0.05, 0) is 12.5 Å². The summed E-state index contributed by atoms with van der Waals surface area (Å²) in [6.07, 6.45) is 0.880. The Morgan fingerprint density at radius 3 is 2.80 bits per heavy atom. The van der Waals surface area contributed by atoms with E-state index < -0.39 is 0 Å². The summed E-state index contributed by atoms with van der Waals surface area (Å²) in [5.41, 5.74) is 0.766. The first-order valence-electron chi connectivity index (χ1n) is 10.2. The number of rotatable bonds is 4. The number of nitro benzene ring substituents is 1. The zero-order valence-electron chi connectivity index (χ0n) is 16.5. The number of nitrogens with zero attached hydrogens (tertiary/aromatic N) is 5. The Hall–Kier alpha value is -1.95. The Kier molecular flexibility index (Phi) is 5.52. The Bertz CT molecular complexity index is 955. The number of non-ortho nitro benzene ring substituents is 1. The maximum atomic E-state index is 12.6. The number of piperazine rings is 1. The van der Waals surface area contributed by atoms with Gasteiger partial charge in [-0.2, -0.15) is 0 Å². The highest BCUT2D eigenvalue weighted by molar-refractivity contribution is 7.99. The lowest BCUT2D eigenvalue weighted by Crippen LogP contribution is -2.51. The Labute approximate surface area is 182 Å². The molecule has 1 N–H and O–H groups in total. The largest absolute Gasteiger partial charge is 0.345 e. The van der Waals surface area contributed by atoms with Crippen molar-refractivity contribution in [2.45, 2.75) is 18.5 Å². The molecule has 2 aromatic rings. The summed E-state index contributed by atoms with van der Waals surface area (Å²) in [5.74, 6) is 2.12. The Balaban J connectivity index is 1.18. The molecule has 3 aliphatic heterocycles. The van der Waals surface area contributed by atoms with Gasteiger partial charge in [-0.25, -0.2) is 4.98 Å². The van der Waals surface area contributed by atoms with E-state index in [9.17, 15) is 14.9 Å². The minimum Gasteiger partial charge on any atom is -0.345 e. The van der Waals surface area contributed by atoms with Crippen molar-refractivity contribution in [2.24, 2.45) is 0 Å². The minimum absolute atomic E-state index is 0.0493. The van der Waals surface area contributed by atoms with Crippen molar-refractivity contribution in [3.63, 3.8) is 0 Å². The fraction of sp³-hybridized carbons (Fsp3) is 0.579. The number of benzene rings is 1. The van der Waals surface area contributed by atoms with Crippen molar-refractivity contribution in [3.8, 4) is 0 Å². The molecule has 0 radical (unpaired) electrons. The van der Waals surface area contributed by atoms with Gasteiger partial charge >= 0.3 is 0 Å². The summed E-state index contributed by atoms with van der Waals surface area (Å²) in [6.45, 7) is 5.35. The smallest absolute Gasteiger partial charge is 0.271 e. The highest BCUT2D eigenvalue weighted by Crippen LogP contribution is 2.32. The predicted octanol–water partition coefficient (Wildman–Crippen LogP) is 1.59. The van der Waals surface area contributed by atoms with Crippen LogP contribution in [0.2, 0.25) is 0 Å². The van der Waals surface area contributed by atoms with E-state index >= 15 is 0 Å². The first-order chi connectivity index (χ1) is 14.6. The number of nitrogens with one attached hydrogen (secondary N) is 1. The summed E-state index contributed by atoms with van der Waals surface area (Å²) in [7, 11) is 0. The van der Waals surface area contributed by atoms with Gasteiger partial charge in [-0.3, -0.25) is 19.8 Å². The normalized spacial score (nSPS) is 25.3. The van der Waals surface area contributed by atoms with Crippen LogP contribution in [0.3, 0.4) is 0 Å². The quantitative estimate of drug-likeness (QED) is 0.557. The highest BCUT2D eigenvalue weighted by atomic mass is 32.2. The minimum atomic E-state index is -0.382. The Morgan fingerprint density at radius 2 is 2.07 bits per heavy atom. The van der Waals surface area contributed by atoms with Crippen molar-refractivity contribution in [2.75, 3.05) is 55.8 Å². The molecule has 0 spiro atoms. The van der Waals surface area contributed by atoms with Gasteiger partial charge in [0, 0.05) is 63.2 Å². The summed E-state index contributed by atoms with van der Waals surface area (Å²) < 4.78 is 0.972. The third-order valence-electron chi connectivity index (χ3n) is 6.14. The van der Waals surface area contributed by atoms with E-state index in [1.54, 1.807) is 23.5 Å². The number of aromatic nitrogens is 1. The number of hydrogen-bond donors (Lipinski definition) is 1. The first kappa shape index (κ1) is 20.0. The van der Waals surface area contributed by atoms with Gasteiger partial charge in [0.15, 0.2) is 5.13 Å². The zero-order chi connectivity index (χ0) is 20.7. The van der Waals surface area contributed by atoms with Crippen LogP contribution < -0.4 is 10.2 Å². The predicted molar refractivity (Wildman–Crippen MR) is 119 cm³/mol. The summed E-state index contributed by atoms with van der Waals surface area (Å²) >= 11 is 3.41. The molecule has 1 aromatic heterocycles.